The van der Waals surface area contributed by atoms with Crippen LogP contribution in [0.15, 0.2) is 12.1 Å². The smallest absolute Gasteiger partial charge is 0.227 e. The zero-order valence-corrected chi connectivity index (χ0v) is 21.5. The van der Waals surface area contributed by atoms with Crippen LogP contribution in [0, 0.1) is 11.7 Å². The lowest BCUT2D eigenvalue weighted by atomic mass is 9.97. The van der Waals surface area contributed by atoms with E-state index >= 15 is 4.39 Å². The minimum atomic E-state index is -3.08. The van der Waals surface area contributed by atoms with Crippen LogP contribution in [0.5, 0.6) is 0 Å². The Kier molecular flexibility index (Phi) is 8.43. The molecule has 0 radical (unpaired) electrons. The van der Waals surface area contributed by atoms with Crippen LogP contribution >= 0.6 is 0 Å². The van der Waals surface area contributed by atoms with Crippen molar-refractivity contribution >= 4 is 21.4 Å². The first-order valence-electron chi connectivity index (χ1n) is 12.2. The number of hydrogen-bond donors (Lipinski definition) is 0. The summed E-state index contributed by atoms with van der Waals surface area (Å²) in [5, 5.41) is -0.375. The van der Waals surface area contributed by atoms with Gasteiger partial charge in [-0.05, 0) is 64.5 Å². The number of halogens is 1. The SMILES string of the molecule is CCc1c(N2C[C@@H](C)O[C@@H](C)C2)ccc(CC(=O)N2CCC(CS(=O)(=O)C(C)C)CC2)c1F. The second-order valence-corrected chi connectivity index (χ2v) is 12.5. The Hall–Kier alpha value is -1.67. The second-order valence-electron chi connectivity index (χ2n) is 9.93. The lowest BCUT2D eigenvalue weighted by molar-refractivity contribution is -0.131. The van der Waals surface area contributed by atoms with Crippen LogP contribution in [0.25, 0.3) is 0 Å². The molecular formula is C25H39FN2O4S. The first-order chi connectivity index (χ1) is 15.5. The Morgan fingerprint density at radius 3 is 2.30 bits per heavy atom. The molecule has 0 aliphatic carbocycles. The van der Waals surface area contributed by atoms with Gasteiger partial charge in [0.05, 0.1) is 29.6 Å². The third-order valence-corrected chi connectivity index (χ3v) is 9.28. The number of nitrogens with zero attached hydrogens (tertiary/aromatic N) is 2. The third-order valence-electron chi connectivity index (χ3n) is 6.91. The molecule has 0 unspecified atom stereocenters. The van der Waals surface area contributed by atoms with Gasteiger partial charge in [-0.25, -0.2) is 12.8 Å². The molecule has 1 amide bonds. The summed E-state index contributed by atoms with van der Waals surface area (Å²) in [6.07, 6.45) is 2.10. The number of piperidine rings is 1. The molecule has 2 aliphatic rings. The predicted octanol–water partition coefficient (Wildman–Crippen LogP) is 3.61. The summed E-state index contributed by atoms with van der Waals surface area (Å²) < 4.78 is 45.6. The number of likely N-dealkylation sites (tertiary alicyclic amines) is 1. The van der Waals surface area contributed by atoms with Gasteiger partial charge in [0.25, 0.3) is 0 Å². The molecule has 1 aromatic rings. The molecule has 0 aromatic heterocycles. The van der Waals surface area contributed by atoms with Crippen molar-refractivity contribution in [2.75, 3.05) is 36.8 Å². The van der Waals surface area contributed by atoms with Crippen LogP contribution in [0.2, 0.25) is 0 Å². The molecule has 0 N–H and O–H groups in total. The van der Waals surface area contributed by atoms with Crippen molar-refractivity contribution in [2.45, 2.75) is 77.8 Å². The Bertz CT molecular complexity index is 932. The fourth-order valence-corrected chi connectivity index (χ4v) is 6.32. The van der Waals surface area contributed by atoms with Gasteiger partial charge in [-0.2, -0.15) is 0 Å². The van der Waals surface area contributed by atoms with Gasteiger partial charge >= 0.3 is 0 Å². The average molecular weight is 483 g/mol. The average Bonchev–Trinajstić information content (AvgIpc) is 2.74. The normalized spacial score (nSPS) is 22.8. The molecule has 2 fully saturated rings. The standard InChI is InChI=1S/C25H39FN2O4S/c1-6-22-23(28-14-18(4)32-19(5)15-28)8-7-21(25(22)26)13-24(29)27-11-9-20(10-12-27)16-33(30,31)17(2)3/h7-8,17-20H,6,9-16H2,1-5H3/t18-,19+. The lowest BCUT2D eigenvalue weighted by Gasteiger charge is -2.38. The number of anilines is 1. The quantitative estimate of drug-likeness (QED) is 0.594. The van der Waals surface area contributed by atoms with Crippen molar-refractivity contribution in [3.8, 4) is 0 Å². The second kappa shape index (κ2) is 10.7. The molecule has 0 spiro atoms. The summed E-state index contributed by atoms with van der Waals surface area (Å²) in [6.45, 7) is 11.9. The number of hydrogen-bond acceptors (Lipinski definition) is 5. The zero-order chi connectivity index (χ0) is 24.3. The number of rotatable bonds is 7. The van der Waals surface area contributed by atoms with E-state index in [1.54, 1.807) is 24.8 Å². The molecule has 6 nitrogen and oxygen atoms in total. The highest BCUT2D eigenvalue weighted by Crippen LogP contribution is 2.30. The summed E-state index contributed by atoms with van der Waals surface area (Å²) in [5.41, 5.74) is 1.97. The molecule has 0 saturated carbocycles. The first-order valence-corrected chi connectivity index (χ1v) is 13.9. The zero-order valence-electron chi connectivity index (χ0n) is 20.6. The number of benzene rings is 1. The molecule has 1 aromatic carbocycles. The van der Waals surface area contributed by atoms with Crippen molar-refractivity contribution in [3.63, 3.8) is 0 Å². The highest BCUT2D eigenvalue weighted by atomic mass is 32.2. The van der Waals surface area contributed by atoms with Crippen molar-refractivity contribution in [3.05, 3.63) is 29.1 Å². The Labute approximate surface area is 198 Å². The molecule has 2 saturated heterocycles. The largest absolute Gasteiger partial charge is 0.372 e. The number of carbonyl (C=O) groups is 1. The van der Waals surface area contributed by atoms with Crippen LogP contribution in [0.3, 0.4) is 0 Å². The van der Waals surface area contributed by atoms with E-state index in [-0.39, 0.29) is 47.3 Å². The van der Waals surface area contributed by atoms with Crippen LogP contribution < -0.4 is 4.90 Å². The highest BCUT2D eigenvalue weighted by Gasteiger charge is 2.29. The monoisotopic (exact) mass is 482 g/mol. The van der Waals surface area contributed by atoms with E-state index in [0.717, 1.165) is 18.8 Å². The molecule has 33 heavy (non-hydrogen) atoms. The van der Waals surface area contributed by atoms with Crippen LogP contribution in [0.4, 0.5) is 10.1 Å². The molecule has 0 bridgehead atoms. The fourth-order valence-electron chi connectivity index (χ4n) is 4.95. The summed E-state index contributed by atoms with van der Waals surface area (Å²) in [6, 6.07) is 3.69. The van der Waals surface area contributed by atoms with Gasteiger partial charge in [0.15, 0.2) is 9.84 Å². The van der Waals surface area contributed by atoms with Gasteiger partial charge in [-0.3, -0.25) is 4.79 Å². The van der Waals surface area contributed by atoms with E-state index in [9.17, 15) is 13.2 Å². The highest BCUT2D eigenvalue weighted by molar-refractivity contribution is 7.91. The fraction of sp³-hybridized carbons (Fsp3) is 0.720. The third kappa shape index (κ3) is 6.27. The van der Waals surface area contributed by atoms with Crippen molar-refractivity contribution in [1.82, 2.24) is 4.90 Å². The maximum absolute atomic E-state index is 15.4. The summed E-state index contributed by atoms with van der Waals surface area (Å²) in [7, 11) is -3.08. The number of carbonyl (C=O) groups excluding carboxylic acids is 1. The van der Waals surface area contributed by atoms with E-state index in [1.807, 2.05) is 26.8 Å². The first kappa shape index (κ1) is 25.9. The van der Waals surface area contributed by atoms with E-state index < -0.39 is 9.84 Å². The van der Waals surface area contributed by atoms with E-state index in [2.05, 4.69) is 4.90 Å². The number of amides is 1. The maximum Gasteiger partial charge on any atom is 0.227 e. The minimum Gasteiger partial charge on any atom is -0.372 e. The number of morpholine rings is 1. The molecule has 2 heterocycles. The number of sulfone groups is 1. The van der Waals surface area contributed by atoms with Gasteiger partial charge in [-0.1, -0.05) is 13.0 Å². The topological polar surface area (TPSA) is 66.9 Å². The van der Waals surface area contributed by atoms with E-state index in [4.69, 9.17) is 4.74 Å². The molecule has 8 heteroatoms. The molecule has 3 rings (SSSR count). The predicted molar refractivity (Wildman–Crippen MR) is 130 cm³/mol. The number of ether oxygens (including phenoxy) is 1. The van der Waals surface area contributed by atoms with Crippen molar-refractivity contribution < 1.29 is 22.3 Å². The molecule has 2 aliphatic heterocycles. The molecular weight excluding hydrogens is 443 g/mol. The minimum absolute atomic E-state index is 0.0317. The van der Waals surface area contributed by atoms with Crippen LogP contribution in [-0.4, -0.2) is 68.6 Å². The van der Waals surface area contributed by atoms with Gasteiger partial charge in [-0.15, -0.1) is 0 Å². The van der Waals surface area contributed by atoms with Crippen LogP contribution in [0.1, 0.15) is 58.6 Å². The summed E-state index contributed by atoms with van der Waals surface area (Å²) in [4.78, 5) is 16.8. The van der Waals surface area contributed by atoms with Crippen molar-refractivity contribution in [1.29, 1.82) is 0 Å². The Morgan fingerprint density at radius 2 is 1.76 bits per heavy atom. The Morgan fingerprint density at radius 1 is 1.15 bits per heavy atom. The summed E-state index contributed by atoms with van der Waals surface area (Å²) >= 11 is 0. The van der Waals surface area contributed by atoms with Gasteiger partial charge in [0.2, 0.25) is 5.91 Å². The maximum atomic E-state index is 15.4. The van der Waals surface area contributed by atoms with E-state index in [0.29, 0.717) is 43.5 Å². The van der Waals surface area contributed by atoms with E-state index in [1.165, 1.54) is 0 Å². The summed E-state index contributed by atoms with van der Waals surface area (Å²) in [5.74, 6) is -0.112. The lowest BCUT2D eigenvalue weighted by Crippen LogP contribution is -2.46. The van der Waals surface area contributed by atoms with Gasteiger partial charge < -0.3 is 14.5 Å². The van der Waals surface area contributed by atoms with Crippen molar-refractivity contribution in [2.24, 2.45) is 5.92 Å². The van der Waals surface area contributed by atoms with Gasteiger partial charge in [0.1, 0.15) is 5.82 Å². The molecule has 186 valence electrons. The van der Waals surface area contributed by atoms with Crippen LogP contribution in [-0.2, 0) is 32.2 Å². The Balaban J connectivity index is 1.65. The van der Waals surface area contributed by atoms with Gasteiger partial charge in [0, 0.05) is 37.4 Å². The molecule has 2 atom stereocenters.